The normalized spacial score (nSPS) is 27.1. The van der Waals surface area contributed by atoms with Gasteiger partial charge in [-0.15, -0.1) is 16.9 Å². The summed E-state index contributed by atoms with van der Waals surface area (Å²) in [4.78, 5) is 13.6. The summed E-state index contributed by atoms with van der Waals surface area (Å²) >= 11 is 0.555. The molecule has 1 aromatic carbocycles. The summed E-state index contributed by atoms with van der Waals surface area (Å²) in [5.41, 5.74) is -3.57. The van der Waals surface area contributed by atoms with E-state index in [-0.39, 0.29) is 24.1 Å². The van der Waals surface area contributed by atoms with Crippen molar-refractivity contribution in [2.24, 2.45) is 0 Å². The predicted octanol–water partition coefficient (Wildman–Crippen LogP) is 1.77. The number of nitrogens with zero attached hydrogens (tertiary/aromatic N) is 4. The third kappa shape index (κ3) is 6.64. The molecule has 1 saturated carbocycles. The molecule has 4 N–H and O–H groups in total. The van der Waals surface area contributed by atoms with E-state index in [0.717, 1.165) is 17.9 Å². The van der Waals surface area contributed by atoms with E-state index < -0.39 is 83.3 Å². The highest BCUT2D eigenvalue weighted by atomic mass is 32.2. The van der Waals surface area contributed by atoms with Crippen LogP contribution in [0.25, 0.3) is 11.3 Å². The Hall–Kier alpha value is -2.44. The molecular weight excluding hydrogens is 586 g/mol. The summed E-state index contributed by atoms with van der Waals surface area (Å²) in [5.74, 6) is -5.74. The fourth-order valence-electron chi connectivity index (χ4n) is 5.10. The monoisotopic (exact) mass is 614 g/mol. The molecule has 6 atom stereocenters. The Bertz CT molecular complexity index is 1220. The molecule has 4 rings (SSSR count). The number of aromatic nitrogens is 3. The highest BCUT2D eigenvalue weighted by Gasteiger charge is 2.52. The van der Waals surface area contributed by atoms with Crippen molar-refractivity contribution >= 4 is 17.7 Å². The van der Waals surface area contributed by atoms with E-state index >= 15 is 0 Å². The van der Waals surface area contributed by atoms with Crippen molar-refractivity contribution in [3.05, 3.63) is 35.8 Å². The Kier molecular flexibility index (Phi) is 9.25. The van der Waals surface area contributed by atoms with Gasteiger partial charge in [0.1, 0.15) is 47.3 Å². The van der Waals surface area contributed by atoms with E-state index in [4.69, 9.17) is 4.74 Å². The number of aliphatic hydroxyl groups is 4. The predicted molar refractivity (Wildman–Crippen MR) is 131 cm³/mol. The molecule has 2 aliphatic rings. The number of hydrogen-bond donors (Lipinski definition) is 4. The second-order valence-corrected chi connectivity index (χ2v) is 11.4. The van der Waals surface area contributed by atoms with Crippen molar-refractivity contribution in [1.82, 2.24) is 19.9 Å². The lowest BCUT2D eigenvalue weighted by molar-refractivity contribution is -0.179. The largest absolute Gasteiger partial charge is 0.406 e. The Balaban J connectivity index is 1.64. The van der Waals surface area contributed by atoms with Crippen molar-refractivity contribution in [3.8, 4) is 11.3 Å². The van der Waals surface area contributed by atoms with Gasteiger partial charge in [0, 0.05) is 12.6 Å². The van der Waals surface area contributed by atoms with Gasteiger partial charge in [0.25, 0.3) is 0 Å². The van der Waals surface area contributed by atoms with Crippen molar-refractivity contribution in [2.45, 2.75) is 72.5 Å². The topological polar surface area (TPSA) is 141 Å². The zero-order valence-electron chi connectivity index (χ0n) is 21.5. The van der Waals surface area contributed by atoms with Crippen LogP contribution in [0.2, 0.25) is 0 Å². The molecule has 228 valence electrons. The number of ether oxygens (including phenoxy) is 1. The Morgan fingerprint density at radius 1 is 1.20 bits per heavy atom. The molecular formula is C24H28F6N4O6S. The van der Waals surface area contributed by atoms with Gasteiger partial charge in [0.15, 0.2) is 17.5 Å². The van der Waals surface area contributed by atoms with Crippen LogP contribution in [-0.2, 0) is 9.53 Å². The highest BCUT2D eigenvalue weighted by molar-refractivity contribution is 8.01. The minimum Gasteiger partial charge on any atom is -0.394 e. The molecule has 1 aromatic heterocycles. The van der Waals surface area contributed by atoms with Gasteiger partial charge in [-0.05, 0) is 25.0 Å². The van der Waals surface area contributed by atoms with Crippen LogP contribution in [0, 0.1) is 17.5 Å². The smallest absolute Gasteiger partial charge is 0.394 e. The molecule has 2 fully saturated rings. The van der Waals surface area contributed by atoms with Gasteiger partial charge in [-0.1, -0.05) is 18.1 Å². The number of aliphatic hydroxyl groups excluding tert-OH is 3. The van der Waals surface area contributed by atoms with Gasteiger partial charge in [-0.3, -0.25) is 4.79 Å². The van der Waals surface area contributed by atoms with Crippen LogP contribution in [0.4, 0.5) is 26.3 Å². The molecule has 41 heavy (non-hydrogen) atoms. The van der Waals surface area contributed by atoms with E-state index in [1.54, 1.807) is 0 Å². The first kappa shape index (κ1) is 31.5. The van der Waals surface area contributed by atoms with Gasteiger partial charge in [-0.2, -0.15) is 13.2 Å². The summed E-state index contributed by atoms with van der Waals surface area (Å²) in [5, 5.41) is 49.2. The molecule has 17 heteroatoms. The lowest BCUT2D eigenvalue weighted by Gasteiger charge is -2.44. The van der Waals surface area contributed by atoms with Crippen LogP contribution in [0.5, 0.6) is 0 Å². The summed E-state index contributed by atoms with van der Waals surface area (Å²) in [7, 11) is 0.932. The fraction of sp³-hybridized carbons (Fsp3) is 0.625. The molecule has 0 radical (unpaired) electrons. The lowest BCUT2D eigenvalue weighted by Crippen LogP contribution is -2.57. The number of carbonyl (C=O) groups excluding carboxylic acids is 1. The van der Waals surface area contributed by atoms with E-state index in [1.807, 2.05) is 0 Å². The highest BCUT2D eigenvalue weighted by Crippen LogP contribution is 2.44. The van der Waals surface area contributed by atoms with Crippen LogP contribution in [0.15, 0.2) is 18.3 Å². The molecule has 0 spiro atoms. The SMILES string of the molecule is CN(CC(F)(F)F)C(=O)[C@@H](S[C@@H]1O[C@H](CO)[C@H](O)[C@H](n2cc(-c3cc(F)c(F)c(F)c3)nn2)[C@H]1O)C1(O)CCCC1. The standard InChI is InChI=1S/C24H28F6N4O6S/c1-33(10-24(28,29)30)21(38)20(23(39)4-2-3-5-23)41-22-19(37)17(18(36)15(9-35)40-22)34-8-14(31-32-34)11-6-12(25)16(27)13(26)7-11/h6-8,15,17-20,22,35-37,39H,2-5,9-10H2,1H3/t15-,17+,18+,19-,20-,22+/m1/s1. The number of halogens is 6. The first-order valence-corrected chi connectivity index (χ1v) is 13.5. The number of benzene rings is 1. The summed E-state index contributed by atoms with van der Waals surface area (Å²) < 4.78 is 86.5. The van der Waals surface area contributed by atoms with E-state index in [9.17, 15) is 51.6 Å². The van der Waals surface area contributed by atoms with Gasteiger partial charge < -0.3 is 30.1 Å². The lowest BCUT2D eigenvalue weighted by atomic mass is 9.96. The minimum absolute atomic E-state index is 0.103. The minimum atomic E-state index is -4.71. The van der Waals surface area contributed by atoms with Crippen LogP contribution in [0.1, 0.15) is 31.7 Å². The van der Waals surface area contributed by atoms with E-state index in [0.29, 0.717) is 41.6 Å². The van der Waals surface area contributed by atoms with Crippen LogP contribution in [-0.4, -0.2) is 107 Å². The molecule has 1 saturated heterocycles. The molecule has 1 aliphatic heterocycles. The third-order valence-corrected chi connectivity index (χ3v) is 8.76. The number of thioether (sulfide) groups is 1. The van der Waals surface area contributed by atoms with Crippen LogP contribution in [0.3, 0.4) is 0 Å². The molecule has 0 bridgehead atoms. The second-order valence-electron chi connectivity index (χ2n) is 10.2. The van der Waals surface area contributed by atoms with E-state index in [1.165, 1.54) is 0 Å². The van der Waals surface area contributed by atoms with Gasteiger partial charge in [-0.25, -0.2) is 17.9 Å². The van der Waals surface area contributed by atoms with Crippen molar-refractivity contribution in [1.29, 1.82) is 0 Å². The maximum atomic E-state index is 13.7. The molecule has 0 unspecified atom stereocenters. The molecule has 2 heterocycles. The molecule has 10 nitrogen and oxygen atoms in total. The van der Waals surface area contributed by atoms with Gasteiger partial charge >= 0.3 is 6.18 Å². The maximum Gasteiger partial charge on any atom is 0.406 e. The fourth-order valence-corrected chi connectivity index (χ4v) is 6.68. The maximum absolute atomic E-state index is 13.7. The number of carbonyl (C=O) groups is 1. The van der Waals surface area contributed by atoms with Gasteiger partial charge in [0.05, 0.1) is 18.4 Å². The Morgan fingerprint density at radius 3 is 2.37 bits per heavy atom. The van der Waals surface area contributed by atoms with Crippen molar-refractivity contribution in [3.63, 3.8) is 0 Å². The summed E-state index contributed by atoms with van der Waals surface area (Å²) in [6.45, 7) is -2.37. The number of hydrogen-bond acceptors (Lipinski definition) is 9. The van der Waals surface area contributed by atoms with Crippen molar-refractivity contribution < 1.29 is 56.3 Å². The average molecular weight is 615 g/mol. The zero-order valence-corrected chi connectivity index (χ0v) is 22.3. The quantitative estimate of drug-likeness (QED) is 0.259. The van der Waals surface area contributed by atoms with Crippen LogP contribution < -0.4 is 0 Å². The van der Waals surface area contributed by atoms with Crippen molar-refractivity contribution in [2.75, 3.05) is 20.2 Å². The molecule has 1 amide bonds. The average Bonchev–Trinajstić information content (AvgIpc) is 3.55. The Labute approximate surface area is 233 Å². The van der Waals surface area contributed by atoms with Gasteiger partial charge in [0.2, 0.25) is 5.91 Å². The Morgan fingerprint density at radius 2 is 1.80 bits per heavy atom. The summed E-state index contributed by atoms with van der Waals surface area (Å²) in [6, 6.07) is -0.111. The number of amides is 1. The number of rotatable bonds is 8. The van der Waals surface area contributed by atoms with E-state index in [2.05, 4.69) is 10.3 Å². The first-order chi connectivity index (χ1) is 19.1. The summed E-state index contributed by atoms with van der Waals surface area (Å²) in [6.07, 6.45) is -7.16. The zero-order chi connectivity index (χ0) is 30.3. The molecule has 1 aliphatic carbocycles. The third-order valence-electron chi connectivity index (χ3n) is 7.19. The second kappa shape index (κ2) is 12.0. The van der Waals surface area contributed by atoms with Crippen LogP contribution >= 0.6 is 11.8 Å². The first-order valence-electron chi connectivity index (χ1n) is 12.5. The molecule has 2 aromatic rings. The number of alkyl halides is 3.